The van der Waals surface area contributed by atoms with E-state index < -0.39 is 5.82 Å². The lowest BCUT2D eigenvalue weighted by molar-refractivity contribution is 0.102. The molecule has 0 atom stereocenters. The number of pyridine rings is 1. The van der Waals surface area contributed by atoms with E-state index in [9.17, 15) is 9.18 Å². The lowest BCUT2D eigenvalue weighted by Gasteiger charge is -2.12. The molecular weight excluding hydrogens is 317 g/mol. The van der Waals surface area contributed by atoms with Crippen LogP contribution < -0.4 is 10.6 Å². The van der Waals surface area contributed by atoms with E-state index in [1.807, 2.05) is 32.0 Å². The first-order valence-electron chi connectivity index (χ1n) is 7.89. The maximum atomic E-state index is 13.2. The lowest BCUT2D eigenvalue weighted by atomic mass is 10.1. The third-order valence-corrected chi connectivity index (χ3v) is 3.83. The molecule has 0 aliphatic rings. The van der Waals surface area contributed by atoms with Crippen molar-refractivity contribution in [2.45, 2.75) is 13.8 Å². The molecule has 0 unspecified atom stereocenters. The molecular formula is C20H18FN3O. The van der Waals surface area contributed by atoms with Gasteiger partial charge < -0.3 is 10.6 Å². The number of aryl methyl sites for hydroxylation is 2. The molecule has 4 nitrogen and oxygen atoms in total. The standard InChI is InChI=1S/C20H18FN3O/c1-13-5-3-6-14(2)19(13)23-17-9-10-18(22-12-17)20(25)24-16-8-4-7-15(21)11-16/h3-12,23H,1-2H3,(H,24,25). The Morgan fingerprint density at radius 3 is 2.32 bits per heavy atom. The van der Waals surface area contributed by atoms with Gasteiger partial charge >= 0.3 is 0 Å². The number of amides is 1. The fourth-order valence-electron chi connectivity index (χ4n) is 2.52. The second kappa shape index (κ2) is 7.13. The van der Waals surface area contributed by atoms with Crippen molar-refractivity contribution in [1.82, 2.24) is 4.98 Å². The molecule has 3 aromatic rings. The number of hydrogen-bond donors (Lipinski definition) is 2. The first-order valence-corrected chi connectivity index (χ1v) is 7.89. The summed E-state index contributed by atoms with van der Waals surface area (Å²) in [6, 6.07) is 15.2. The summed E-state index contributed by atoms with van der Waals surface area (Å²) in [4.78, 5) is 16.4. The van der Waals surface area contributed by atoms with E-state index in [0.717, 1.165) is 22.5 Å². The molecule has 0 aliphatic heterocycles. The molecule has 0 radical (unpaired) electrons. The number of halogens is 1. The molecule has 0 saturated carbocycles. The highest BCUT2D eigenvalue weighted by molar-refractivity contribution is 6.02. The van der Waals surface area contributed by atoms with Crippen molar-refractivity contribution >= 4 is 23.0 Å². The molecule has 2 aromatic carbocycles. The Kier molecular flexibility index (Phi) is 4.75. The summed E-state index contributed by atoms with van der Waals surface area (Å²) in [6.07, 6.45) is 1.60. The van der Waals surface area contributed by atoms with E-state index in [2.05, 4.69) is 15.6 Å². The number of para-hydroxylation sites is 1. The normalized spacial score (nSPS) is 10.4. The van der Waals surface area contributed by atoms with Gasteiger partial charge in [0.05, 0.1) is 11.9 Å². The topological polar surface area (TPSA) is 54.0 Å². The number of nitrogens with zero attached hydrogens (tertiary/aromatic N) is 1. The number of rotatable bonds is 4. The number of nitrogens with one attached hydrogen (secondary N) is 2. The van der Waals surface area contributed by atoms with Crippen molar-refractivity contribution in [1.29, 1.82) is 0 Å². The van der Waals surface area contributed by atoms with Crippen molar-refractivity contribution in [3.05, 3.63) is 83.4 Å². The van der Waals surface area contributed by atoms with Crippen LogP contribution in [-0.4, -0.2) is 10.9 Å². The van der Waals surface area contributed by atoms with Crippen molar-refractivity contribution in [2.75, 3.05) is 10.6 Å². The molecule has 126 valence electrons. The second-order valence-electron chi connectivity index (χ2n) is 5.79. The predicted octanol–water partition coefficient (Wildman–Crippen LogP) is 4.83. The summed E-state index contributed by atoms with van der Waals surface area (Å²) in [5.41, 5.74) is 4.74. The predicted molar refractivity (Wildman–Crippen MR) is 97.8 cm³/mol. The van der Waals surface area contributed by atoms with Gasteiger partial charge in [-0.3, -0.25) is 4.79 Å². The van der Waals surface area contributed by atoms with E-state index in [0.29, 0.717) is 5.69 Å². The molecule has 1 heterocycles. The van der Waals surface area contributed by atoms with E-state index in [1.165, 1.54) is 18.2 Å². The van der Waals surface area contributed by atoms with Gasteiger partial charge in [-0.15, -0.1) is 0 Å². The zero-order valence-electron chi connectivity index (χ0n) is 14.0. The first-order chi connectivity index (χ1) is 12.0. The number of carbonyl (C=O) groups excluding carboxylic acids is 1. The highest BCUT2D eigenvalue weighted by Gasteiger charge is 2.09. The molecule has 2 N–H and O–H groups in total. The Hall–Kier alpha value is -3.21. The van der Waals surface area contributed by atoms with Crippen LogP contribution in [0.3, 0.4) is 0 Å². The molecule has 1 amide bonds. The third kappa shape index (κ3) is 4.01. The Labute approximate surface area is 145 Å². The minimum atomic E-state index is -0.404. The first kappa shape index (κ1) is 16.6. The minimum Gasteiger partial charge on any atom is -0.354 e. The van der Waals surface area contributed by atoms with Crippen LogP contribution in [0.15, 0.2) is 60.8 Å². The second-order valence-corrected chi connectivity index (χ2v) is 5.79. The SMILES string of the molecule is Cc1cccc(C)c1Nc1ccc(C(=O)Nc2cccc(F)c2)nc1. The molecule has 0 fully saturated rings. The number of hydrogen-bond acceptors (Lipinski definition) is 3. The highest BCUT2D eigenvalue weighted by atomic mass is 19.1. The van der Waals surface area contributed by atoms with Crippen LogP contribution >= 0.6 is 0 Å². The van der Waals surface area contributed by atoms with Crippen LogP contribution in [0.25, 0.3) is 0 Å². The number of aromatic nitrogens is 1. The van der Waals surface area contributed by atoms with E-state index in [1.54, 1.807) is 24.4 Å². The van der Waals surface area contributed by atoms with Gasteiger partial charge in [0.1, 0.15) is 11.5 Å². The molecule has 0 saturated heterocycles. The minimum absolute atomic E-state index is 0.260. The molecule has 5 heteroatoms. The van der Waals surface area contributed by atoms with Gasteiger partial charge in [0.2, 0.25) is 0 Å². The monoisotopic (exact) mass is 335 g/mol. The van der Waals surface area contributed by atoms with E-state index in [4.69, 9.17) is 0 Å². The maximum absolute atomic E-state index is 13.2. The van der Waals surface area contributed by atoms with Gasteiger partial charge in [-0.1, -0.05) is 24.3 Å². The van der Waals surface area contributed by atoms with Crippen molar-refractivity contribution < 1.29 is 9.18 Å². The Balaban J connectivity index is 1.72. The van der Waals surface area contributed by atoms with Gasteiger partial charge in [-0.05, 0) is 55.3 Å². The van der Waals surface area contributed by atoms with Crippen LogP contribution in [0.1, 0.15) is 21.6 Å². The summed E-state index contributed by atoms with van der Waals surface area (Å²) in [5.74, 6) is -0.789. The van der Waals surface area contributed by atoms with Gasteiger partial charge in [-0.25, -0.2) is 9.37 Å². The molecule has 1 aromatic heterocycles. The summed E-state index contributed by atoms with van der Waals surface area (Å²) < 4.78 is 13.2. The summed E-state index contributed by atoms with van der Waals surface area (Å²) >= 11 is 0. The maximum Gasteiger partial charge on any atom is 0.274 e. The average molecular weight is 335 g/mol. The molecule has 0 bridgehead atoms. The Morgan fingerprint density at radius 2 is 1.68 bits per heavy atom. The molecule has 3 rings (SSSR count). The molecule has 0 aliphatic carbocycles. The van der Waals surface area contributed by atoms with Crippen LogP contribution in [0, 0.1) is 19.7 Å². The van der Waals surface area contributed by atoms with Gasteiger partial charge in [0, 0.05) is 11.4 Å². The number of carbonyl (C=O) groups is 1. The number of anilines is 3. The zero-order chi connectivity index (χ0) is 17.8. The largest absolute Gasteiger partial charge is 0.354 e. The fourth-order valence-corrected chi connectivity index (χ4v) is 2.52. The quantitative estimate of drug-likeness (QED) is 0.718. The van der Waals surface area contributed by atoms with E-state index >= 15 is 0 Å². The van der Waals surface area contributed by atoms with Crippen molar-refractivity contribution in [3.8, 4) is 0 Å². The summed E-state index contributed by atoms with van der Waals surface area (Å²) in [5, 5.41) is 5.94. The zero-order valence-corrected chi connectivity index (χ0v) is 14.0. The highest BCUT2D eigenvalue weighted by Crippen LogP contribution is 2.24. The van der Waals surface area contributed by atoms with Crippen LogP contribution in [0.5, 0.6) is 0 Å². The molecule has 0 spiro atoms. The Bertz CT molecular complexity index is 887. The van der Waals surface area contributed by atoms with Gasteiger partial charge in [0.25, 0.3) is 5.91 Å². The van der Waals surface area contributed by atoms with Crippen LogP contribution in [0.4, 0.5) is 21.5 Å². The average Bonchev–Trinajstić information content (AvgIpc) is 2.59. The van der Waals surface area contributed by atoms with Crippen LogP contribution in [-0.2, 0) is 0 Å². The van der Waals surface area contributed by atoms with Gasteiger partial charge in [0.15, 0.2) is 0 Å². The van der Waals surface area contributed by atoms with Gasteiger partial charge in [-0.2, -0.15) is 0 Å². The molecule has 25 heavy (non-hydrogen) atoms. The Morgan fingerprint density at radius 1 is 0.960 bits per heavy atom. The third-order valence-electron chi connectivity index (χ3n) is 3.83. The lowest BCUT2D eigenvalue weighted by Crippen LogP contribution is -2.13. The van der Waals surface area contributed by atoms with Crippen molar-refractivity contribution in [2.24, 2.45) is 0 Å². The fraction of sp³-hybridized carbons (Fsp3) is 0.100. The number of benzene rings is 2. The van der Waals surface area contributed by atoms with Crippen LogP contribution in [0.2, 0.25) is 0 Å². The summed E-state index contributed by atoms with van der Waals surface area (Å²) in [6.45, 7) is 4.06. The summed E-state index contributed by atoms with van der Waals surface area (Å²) in [7, 11) is 0. The van der Waals surface area contributed by atoms with E-state index in [-0.39, 0.29) is 11.6 Å². The van der Waals surface area contributed by atoms with Crippen molar-refractivity contribution in [3.63, 3.8) is 0 Å². The smallest absolute Gasteiger partial charge is 0.274 e.